The smallest absolute Gasteiger partial charge is 0.410 e. The zero-order valence-corrected chi connectivity index (χ0v) is 12.4. The Bertz CT molecular complexity index is 803. The second-order valence-electron chi connectivity index (χ2n) is 4.84. The standard InChI is InChI=1S/C17H14FN3O2/c1-12-15(18)16(20-19-12)21(13-8-4-2-5-9-13)17(22)23-14-10-6-3-7-11-14/h2-11H,1H3,(H,19,20). The summed E-state index contributed by atoms with van der Waals surface area (Å²) < 4.78 is 19.6. The molecule has 1 N–H and O–H groups in total. The Morgan fingerprint density at radius 2 is 1.70 bits per heavy atom. The van der Waals surface area contributed by atoms with Gasteiger partial charge < -0.3 is 4.74 Å². The van der Waals surface area contributed by atoms with Gasteiger partial charge in [-0.25, -0.2) is 14.1 Å². The summed E-state index contributed by atoms with van der Waals surface area (Å²) in [4.78, 5) is 13.6. The number of aromatic nitrogens is 2. The molecular formula is C17H14FN3O2. The largest absolute Gasteiger partial charge is 0.425 e. The predicted octanol–water partition coefficient (Wildman–Crippen LogP) is 4.19. The Morgan fingerprint density at radius 3 is 2.26 bits per heavy atom. The van der Waals surface area contributed by atoms with Gasteiger partial charge in [0.15, 0.2) is 5.82 Å². The van der Waals surface area contributed by atoms with E-state index >= 15 is 0 Å². The van der Waals surface area contributed by atoms with Gasteiger partial charge in [-0.1, -0.05) is 36.4 Å². The van der Waals surface area contributed by atoms with Crippen LogP contribution in [-0.4, -0.2) is 16.3 Å². The molecule has 1 aromatic heterocycles. The molecule has 0 bridgehead atoms. The average Bonchev–Trinajstić information content (AvgIpc) is 2.90. The highest BCUT2D eigenvalue weighted by Crippen LogP contribution is 2.28. The lowest BCUT2D eigenvalue weighted by Gasteiger charge is -2.19. The molecule has 1 amide bonds. The van der Waals surface area contributed by atoms with Gasteiger partial charge in [-0.05, 0) is 31.2 Å². The Balaban J connectivity index is 1.99. The van der Waals surface area contributed by atoms with Gasteiger partial charge in [0.2, 0.25) is 5.82 Å². The fourth-order valence-electron chi connectivity index (χ4n) is 2.08. The van der Waals surface area contributed by atoms with Crippen molar-refractivity contribution in [2.45, 2.75) is 6.92 Å². The molecule has 0 saturated heterocycles. The van der Waals surface area contributed by atoms with Gasteiger partial charge in [0.1, 0.15) is 5.75 Å². The zero-order valence-electron chi connectivity index (χ0n) is 12.4. The van der Waals surface area contributed by atoms with Crippen LogP contribution >= 0.6 is 0 Å². The van der Waals surface area contributed by atoms with Crippen LogP contribution in [-0.2, 0) is 0 Å². The molecule has 0 radical (unpaired) electrons. The van der Waals surface area contributed by atoms with Gasteiger partial charge in [-0.3, -0.25) is 5.10 Å². The quantitative estimate of drug-likeness (QED) is 0.789. The van der Waals surface area contributed by atoms with Crippen LogP contribution in [0, 0.1) is 12.7 Å². The molecule has 116 valence electrons. The molecule has 0 aliphatic carbocycles. The van der Waals surface area contributed by atoms with Crippen LogP contribution in [0.4, 0.5) is 20.7 Å². The minimum absolute atomic E-state index is 0.130. The van der Waals surface area contributed by atoms with Crippen LogP contribution in [0.3, 0.4) is 0 Å². The van der Waals surface area contributed by atoms with Crippen LogP contribution in [0.5, 0.6) is 5.75 Å². The molecule has 1 heterocycles. The Kier molecular flexibility index (Phi) is 4.05. The highest BCUT2D eigenvalue weighted by Gasteiger charge is 2.26. The number of carbonyl (C=O) groups excluding carboxylic acids is 1. The number of carbonyl (C=O) groups is 1. The molecule has 0 spiro atoms. The molecule has 2 aromatic carbocycles. The van der Waals surface area contributed by atoms with Crippen LogP contribution in [0.25, 0.3) is 0 Å². The highest BCUT2D eigenvalue weighted by atomic mass is 19.1. The molecule has 0 unspecified atom stereocenters. The molecule has 5 nitrogen and oxygen atoms in total. The summed E-state index contributed by atoms with van der Waals surface area (Å²) >= 11 is 0. The third kappa shape index (κ3) is 3.06. The van der Waals surface area contributed by atoms with Gasteiger partial charge in [-0.15, -0.1) is 0 Å². The van der Waals surface area contributed by atoms with E-state index in [0.717, 1.165) is 4.90 Å². The summed E-state index contributed by atoms with van der Waals surface area (Å²) in [6.45, 7) is 1.54. The van der Waals surface area contributed by atoms with Crippen LogP contribution < -0.4 is 9.64 Å². The van der Waals surface area contributed by atoms with Crippen LogP contribution in [0.1, 0.15) is 5.69 Å². The number of halogens is 1. The number of ether oxygens (including phenoxy) is 1. The van der Waals surface area contributed by atoms with Crippen molar-refractivity contribution in [1.29, 1.82) is 0 Å². The fourth-order valence-corrected chi connectivity index (χ4v) is 2.08. The summed E-state index contributed by atoms with van der Waals surface area (Å²) in [5, 5.41) is 6.41. The number of nitrogens with one attached hydrogen (secondary N) is 1. The van der Waals surface area contributed by atoms with E-state index in [1.165, 1.54) is 6.92 Å². The first-order valence-electron chi connectivity index (χ1n) is 6.99. The molecule has 0 fully saturated rings. The summed E-state index contributed by atoms with van der Waals surface area (Å²) in [7, 11) is 0. The lowest BCUT2D eigenvalue weighted by molar-refractivity contribution is 0.210. The van der Waals surface area contributed by atoms with Crippen molar-refractivity contribution in [3.8, 4) is 5.75 Å². The van der Waals surface area contributed by atoms with Crippen molar-refractivity contribution in [3.63, 3.8) is 0 Å². The lowest BCUT2D eigenvalue weighted by Crippen LogP contribution is -2.30. The van der Waals surface area contributed by atoms with E-state index in [-0.39, 0.29) is 11.5 Å². The molecule has 3 aromatic rings. The Labute approximate surface area is 132 Å². The number of anilines is 2. The second-order valence-corrected chi connectivity index (χ2v) is 4.84. The van der Waals surface area contributed by atoms with Gasteiger partial charge >= 0.3 is 6.09 Å². The van der Waals surface area contributed by atoms with Crippen molar-refractivity contribution >= 4 is 17.6 Å². The molecule has 6 heteroatoms. The van der Waals surface area contributed by atoms with Crippen molar-refractivity contribution < 1.29 is 13.9 Å². The van der Waals surface area contributed by atoms with E-state index in [1.807, 2.05) is 6.07 Å². The van der Waals surface area contributed by atoms with E-state index in [9.17, 15) is 9.18 Å². The normalized spacial score (nSPS) is 10.3. The lowest BCUT2D eigenvalue weighted by atomic mass is 10.3. The molecule has 0 atom stereocenters. The summed E-state index contributed by atoms with van der Waals surface area (Å²) in [5.41, 5.74) is 0.701. The zero-order chi connectivity index (χ0) is 16.2. The SMILES string of the molecule is Cc1[nH]nc(N(C(=O)Oc2ccccc2)c2ccccc2)c1F. The first kappa shape index (κ1) is 14.8. The number of nitrogens with zero attached hydrogens (tertiary/aromatic N) is 2. The van der Waals surface area contributed by atoms with Crippen LogP contribution in [0.15, 0.2) is 60.7 Å². The number of para-hydroxylation sites is 2. The van der Waals surface area contributed by atoms with Crippen molar-refractivity contribution in [3.05, 3.63) is 72.2 Å². The Morgan fingerprint density at radius 1 is 1.09 bits per heavy atom. The predicted molar refractivity (Wildman–Crippen MR) is 84.3 cm³/mol. The van der Waals surface area contributed by atoms with E-state index in [2.05, 4.69) is 10.2 Å². The van der Waals surface area contributed by atoms with E-state index in [0.29, 0.717) is 11.4 Å². The minimum atomic E-state index is -0.743. The average molecular weight is 311 g/mol. The third-order valence-electron chi connectivity index (χ3n) is 3.21. The number of hydrogen-bond acceptors (Lipinski definition) is 3. The molecule has 0 saturated carbocycles. The maximum Gasteiger partial charge on any atom is 0.425 e. The molecule has 0 aliphatic rings. The number of aryl methyl sites for hydroxylation is 1. The number of benzene rings is 2. The Hall–Kier alpha value is -3.15. The monoisotopic (exact) mass is 311 g/mol. The highest BCUT2D eigenvalue weighted by molar-refractivity contribution is 5.96. The molecule has 23 heavy (non-hydrogen) atoms. The number of hydrogen-bond donors (Lipinski definition) is 1. The van der Waals surface area contributed by atoms with Crippen molar-refractivity contribution in [1.82, 2.24) is 10.2 Å². The summed E-state index contributed by atoms with van der Waals surface area (Å²) in [6, 6.07) is 17.2. The number of rotatable bonds is 3. The van der Waals surface area contributed by atoms with E-state index < -0.39 is 11.9 Å². The number of H-pyrrole nitrogens is 1. The first-order chi connectivity index (χ1) is 11.2. The summed E-state index contributed by atoms with van der Waals surface area (Å²) in [5.74, 6) is -0.361. The first-order valence-corrected chi connectivity index (χ1v) is 6.99. The van der Waals surface area contributed by atoms with Crippen LogP contribution in [0.2, 0.25) is 0 Å². The summed E-state index contributed by atoms with van der Waals surface area (Å²) in [6.07, 6.45) is -0.743. The molecule has 3 rings (SSSR count). The third-order valence-corrected chi connectivity index (χ3v) is 3.21. The minimum Gasteiger partial charge on any atom is -0.410 e. The number of amides is 1. The molecule has 0 aliphatic heterocycles. The van der Waals surface area contributed by atoms with Gasteiger partial charge in [0, 0.05) is 0 Å². The number of aromatic amines is 1. The van der Waals surface area contributed by atoms with E-state index in [1.54, 1.807) is 54.6 Å². The van der Waals surface area contributed by atoms with Gasteiger partial charge in [0.05, 0.1) is 11.4 Å². The van der Waals surface area contributed by atoms with Crippen molar-refractivity contribution in [2.24, 2.45) is 0 Å². The maximum absolute atomic E-state index is 14.3. The van der Waals surface area contributed by atoms with Crippen molar-refractivity contribution in [2.75, 3.05) is 4.90 Å². The molecular weight excluding hydrogens is 297 g/mol. The second kappa shape index (κ2) is 6.31. The van der Waals surface area contributed by atoms with Gasteiger partial charge in [-0.2, -0.15) is 5.10 Å². The maximum atomic E-state index is 14.3. The van der Waals surface area contributed by atoms with Gasteiger partial charge in [0.25, 0.3) is 0 Å². The topological polar surface area (TPSA) is 58.2 Å². The van der Waals surface area contributed by atoms with E-state index in [4.69, 9.17) is 4.74 Å². The fraction of sp³-hybridized carbons (Fsp3) is 0.0588.